The summed E-state index contributed by atoms with van der Waals surface area (Å²) >= 11 is 0. The van der Waals surface area contributed by atoms with Gasteiger partial charge in [0.25, 0.3) is 0 Å². The number of hydrogen-bond acceptors (Lipinski definition) is 5. The highest BCUT2D eigenvalue weighted by atomic mass is 16.6. The predicted octanol–water partition coefficient (Wildman–Crippen LogP) is -1.80. The van der Waals surface area contributed by atoms with Gasteiger partial charge in [0.1, 0.15) is 17.8 Å². The molecule has 5 heteroatoms. The van der Waals surface area contributed by atoms with Crippen LogP contribution in [-0.2, 0) is 4.74 Å². The fourth-order valence-corrected chi connectivity index (χ4v) is 1.31. The molecule has 0 amide bonds. The molecule has 12 heavy (non-hydrogen) atoms. The Morgan fingerprint density at radius 3 is 2.17 bits per heavy atom. The van der Waals surface area contributed by atoms with Gasteiger partial charge in [-0.15, -0.1) is 0 Å². The van der Waals surface area contributed by atoms with Crippen LogP contribution in [0, 0.1) is 0 Å². The van der Waals surface area contributed by atoms with Crippen molar-refractivity contribution in [2.45, 2.75) is 44.1 Å². The van der Waals surface area contributed by atoms with E-state index in [0.29, 0.717) is 0 Å². The Labute approximate surface area is 70.2 Å². The zero-order chi connectivity index (χ0) is 9.52. The van der Waals surface area contributed by atoms with E-state index < -0.39 is 30.2 Å². The Balaban J connectivity index is 2.82. The van der Waals surface area contributed by atoms with Crippen molar-refractivity contribution < 1.29 is 25.2 Å². The van der Waals surface area contributed by atoms with Crippen LogP contribution in [0.1, 0.15) is 13.8 Å². The summed E-state index contributed by atoms with van der Waals surface area (Å²) in [7, 11) is 0. The van der Waals surface area contributed by atoms with E-state index in [2.05, 4.69) is 0 Å². The maximum Gasteiger partial charge on any atom is 0.184 e. The fourth-order valence-electron chi connectivity index (χ4n) is 1.31. The lowest BCUT2D eigenvalue weighted by molar-refractivity contribution is -0.309. The Kier molecular flexibility index (Phi) is 2.42. The van der Waals surface area contributed by atoms with E-state index in [-0.39, 0.29) is 0 Å². The van der Waals surface area contributed by atoms with Crippen LogP contribution in [-0.4, -0.2) is 50.6 Å². The first-order valence-electron chi connectivity index (χ1n) is 3.79. The molecule has 1 aliphatic heterocycles. The largest absolute Gasteiger partial charge is 0.387 e. The third-order valence-corrected chi connectivity index (χ3v) is 2.27. The minimum atomic E-state index is -1.73. The lowest BCUT2D eigenvalue weighted by Gasteiger charge is -2.43. The van der Waals surface area contributed by atoms with Crippen LogP contribution in [0.25, 0.3) is 0 Å². The average molecular weight is 178 g/mol. The predicted molar refractivity (Wildman–Crippen MR) is 39.2 cm³/mol. The minimum Gasteiger partial charge on any atom is -0.387 e. The fraction of sp³-hybridized carbons (Fsp3) is 1.00. The molecule has 0 saturated carbocycles. The topological polar surface area (TPSA) is 90.2 Å². The molecule has 1 rings (SSSR count). The molecule has 0 aromatic rings. The zero-order valence-corrected chi connectivity index (χ0v) is 7.01. The van der Waals surface area contributed by atoms with Crippen molar-refractivity contribution in [3.8, 4) is 0 Å². The Hall–Kier alpha value is -0.200. The van der Waals surface area contributed by atoms with E-state index in [9.17, 15) is 15.3 Å². The van der Waals surface area contributed by atoms with Gasteiger partial charge in [-0.05, 0) is 13.8 Å². The highest BCUT2D eigenvalue weighted by molar-refractivity contribution is 4.97. The smallest absolute Gasteiger partial charge is 0.184 e. The summed E-state index contributed by atoms with van der Waals surface area (Å²) in [5.74, 6) is 0. The van der Waals surface area contributed by atoms with Gasteiger partial charge >= 0.3 is 0 Å². The molecule has 0 bridgehead atoms. The second-order valence-electron chi connectivity index (χ2n) is 3.35. The molecular weight excluding hydrogens is 164 g/mol. The first kappa shape index (κ1) is 9.88. The van der Waals surface area contributed by atoms with Gasteiger partial charge in [0.05, 0.1) is 6.10 Å². The normalized spacial score (nSPS) is 55.5. The van der Waals surface area contributed by atoms with Crippen molar-refractivity contribution >= 4 is 0 Å². The molecule has 5 atom stereocenters. The van der Waals surface area contributed by atoms with Gasteiger partial charge in [-0.25, -0.2) is 0 Å². The number of aliphatic hydroxyl groups excluding tert-OH is 3. The molecule has 0 unspecified atom stereocenters. The quantitative estimate of drug-likeness (QED) is 0.351. The molecule has 1 saturated heterocycles. The highest BCUT2D eigenvalue weighted by Gasteiger charge is 2.50. The molecule has 5 nitrogen and oxygen atoms in total. The first-order chi connectivity index (χ1) is 5.37. The summed E-state index contributed by atoms with van der Waals surface area (Å²) in [5.41, 5.74) is -1.73. The van der Waals surface area contributed by atoms with Crippen molar-refractivity contribution in [3.05, 3.63) is 0 Å². The first-order valence-corrected chi connectivity index (χ1v) is 3.79. The number of rotatable bonds is 0. The highest BCUT2D eigenvalue weighted by Crippen LogP contribution is 2.28. The van der Waals surface area contributed by atoms with Crippen LogP contribution in [0.5, 0.6) is 0 Å². The van der Waals surface area contributed by atoms with Crippen LogP contribution in [0.3, 0.4) is 0 Å². The molecular formula is C7H14O5. The van der Waals surface area contributed by atoms with Gasteiger partial charge in [-0.1, -0.05) is 0 Å². The molecule has 1 fully saturated rings. The van der Waals surface area contributed by atoms with Crippen molar-refractivity contribution in [3.63, 3.8) is 0 Å². The minimum absolute atomic E-state index is 0.696. The molecule has 0 aromatic heterocycles. The van der Waals surface area contributed by atoms with Gasteiger partial charge in [-0.2, -0.15) is 0 Å². The molecule has 0 radical (unpaired) electrons. The van der Waals surface area contributed by atoms with E-state index in [4.69, 9.17) is 9.84 Å². The number of ether oxygens (including phenoxy) is 1. The molecule has 0 aromatic carbocycles. The standard InChI is InChI=1S/C7H14O5/c1-3-4(8)7(2,11)5(9)6(10)12-3/h3-6,8-11H,1-2H3/t3-,4-,5-,6+,7-/m1/s1. The van der Waals surface area contributed by atoms with E-state index in [1.54, 1.807) is 0 Å². The van der Waals surface area contributed by atoms with Crippen molar-refractivity contribution in [2.24, 2.45) is 0 Å². The molecule has 1 heterocycles. The van der Waals surface area contributed by atoms with Gasteiger partial charge in [0.15, 0.2) is 6.29 Å². The van der Waals surface area contributed by atoms with Crippen molar-refractivity contribution in [1.29, 1.82) is 0 Å². The van der Waals surface area contributed by atoms with Crippen molar-refractivity contribution in [1.82, 2.24) is 0 Å². The van der Waals surface area contributed by atoms with Gasteiger partial charge in [0, 0.05) is 0 Å². The van der Waals surface area contributed by atoms with Crippen LogP contribution in [0.4, 0.5) is 0 Å². The lowest BCUT2D eigenvalue weighted by Crippen LogP contribution is -2.64. The Bertz CT molecular complexity index is 153. The summed E-state index contributed by atoms with van der Waals surface area (Å²) in [6.07, 6.45) is -4.82. The summed E-state index contributed by atoms with van der Waals surface area (Å²) < 4.78 is 4.74. The van der Waals surface area contributed by atoms with E-state index in [1.165, 1.54) is 13.8 Å². The van der Waals surface area contributed by atoms with E-state index >= 15 is 0 Å². The maximum absolute atomic E-state index is 9.51. The molecule has 4 N–H and O–H groups in total. The molecule has 1 aliphatic rings. The number of hydrogen-bond donors (Lipinski definition) is 4. The zero-order valence-electron chi connectivity index (χ0n) is 7.01. The van der Waals surface area contributed by atoms with Crippen LogP contribution in [0.15, 0.2) is 0 Å². The average Bonchev–Trinajstić information content (AvgIpc) is 1.99. The van der Waals surface area contributed by atoms with E-state index in [1.807, 2.05) is 0 Å². The molecule has 0 spiro atoms. The Morgan fingerprint density at radius 2 is 1.67 bits per heavy atom. The van der Waals surface area contributed by atoms with E-state index in [0.717, 1.165) is 0 Å². The van der Waals surface area contributed by atoms with Crippen LogP contribution >= 0.6 is 0 Å². The van der Waals surface area contributed by atoms with Gasteiger partial charge in [-0.3, -0.25) is 0 Å². The third kappa shape index (κ3) is 1.34. The van der Waals surface area contributed by atoms with Gasteiger partial charge in [0.2, 0.25) is 0 Å². The third-order valence-electron chi connectivity index (χ3n) is 2.27. The lowest BCUT2D eigenvalue weighted by atomic mass is 9.86. The van der Waals surface area contributed by atoms with Crippen LogP contribution in [0.2, 0.25) is 0 Å². The monoisotopic (exact) mass is 178 g/mol. The molecule has 72 valence electrons. The van der Waals surface area contributed by atoms with Crippen LogP contribution < -0.4 is 0 Å². The molecule has 0 aliphatic carbocycles. The Morgan fingerprint density at radius 1 is 1.17 bits per heavy atom. The summed E-state index contributed by atoms with van der Waals surface area (Å²) in [6, 6.07) is 0. The number of aliphatic hydroxyl groups is 4. The summed E-state index contributed by atoms with van der Waals surface area (Å²) in [4.78, 5) is 0. The van der Waals surface area contributed by atoms with Gasteiger partial charge < -0.3 is 25.2 Å². The SMILES string of the molecule is C[C@H]1O[C@H](O)[C@@H](O)[C@](C)(O)[C@@H]1O. The second-order valence-corrected chi connectivity index (χ2v) is 3.35. The summed E-state index contributed by atoms with van der Waals surface area (Å²) in [6.45, 7) is 2.76. The summed E-state index contributed by atoms with van der Waals surface area (Å²) in [5, 5.41) is 37.1. The van der Waals surface area contributed by atoms with Crippen molar-refractivity contribution in [2.75, 3.05) is 0 Å². The maximum atomic E-state index is 9.51. The second kappa shape index (κ2) is 2.93.